The van der Waals surface area contributed by atoms with Gasteiger partial charge in [-0.3, -0.25) is 4.79 Å². The first kappa shape index (κ1) is 21.9. The maximum absolute atomic E-state index is 13.2. The lowest BCUT2D eigenvalue weighted by molar-refractivity contribution is 0.0734. The van der Waals surface area contributed by atoms with E-state index in [9.17, 15) is 13.2 Å². The zero-order valence-electron chi connectivity index (χ0n) is 17.6. The minimum Gasteiger partial charge on any atom is -0.493 e. The van der Waals surface area contributed by atoms with Crippen molar-refractivity contribution >= 4 is 27.5 Å². The van der Waals surface area contributed by atoms with E-state index in [1.165, 1.54) is 16.4 Å². The highest BCUT2D eigenvalue weighted by molar-refractivity contribution is 7.89. The number of carbonyl (C=O) groups is 1. The molecule has 4 rings (SSSR count). The molecule has 1 saturated heterocycles. The van der Waals surface area contributed by atoms with Crippen LogP contribution in [0.4, 0.5) is 0 Å². The largest absolute Gasteiger partial charge is 0.493 e. The predicted octanol–water partition coefficient (Wildman–Crippen LogP) is 3.34. The maximum Gasteiger partial charge on any atom is 0.254 e. The van der Waals surface area contributed by atoms with Crippen LogP contribution in [0.2, 0.25) is 5.02 Å². The van der Waals surface area contributed by atoms with Gasteiger partial charge in [0.15, 0.2) is 11.5 Å². The van der Waals surface area contributed by atoms with E-state index in [2.05, 4.69) is 0 Å². The predicted molar refractivity (Wildman–Crippen MR) is 117 cm³/mol. The molecule has 2 aromatic rings. The highest BCUT2D eigenvalue weighted by atomic mass is 35.5. The van der Waals surface area contributed by atoms with Crippen molar-refractivity contribution in [2.24, 2.45) is 0 Å². The van der Waals surface area contributed by atoms with Gasteiger partial charge in [-0.25, -0.2) is 8.42 Å². The summed E-state index contributed by atoms with van der Waals surface area (Å²) in [7, 11) is -0.551. The summed E-state index contributed by atoms with van der Waals surface area (Å²) in [5.74, 6) is 1.05. The Morgan fingerprint density at radius 1 is 0.968 bits per heavy atom. The molecule has 0 atom stereocenters. The molecule has 0 N–H and O–H groups in total. The SMILES string of the molecule is COc1cc2c(cc1OC)CN(C(=O)c1ccc(Cl)c(S(=O)(=O)N3CCCC3)c1)CC2. The second-order valence-corrected chi connectivity index (χ2v) is 10.0. The molecule has 2 aliphatic heterocycles. The monoisotopic (exact) mass is 464 g/mol. The van der Waals surface area contributed by atoms with Gasteiger partial charge in [-0.2, -0.15) is 4.31 Å². The first-order valence-corrected chi connectivity index (χ1v) is 12.0. The number of sulfonamides is 1. The third kappa shape index (κ3) is 4.12. The molecule has 0 aliphatic carbocycles. The molecule has 31 heavy (non-hydrogen) atoms. The van der Waals surface area contributed by atoms with Gasteiger partial charge in [0.25, 0.3) is 5.91 Å². The van der Waals surface area contributed by atoms with Crippen LogP contribution in [0, 0.1) is 0 Å². The fourth-order valence-electron chi connectivity index (χ4n) is 4.14. The summed E-state index contributed by atoms with van der Waals surface area (Å²) in [6.45, 7) is 1.89. The first-order chi connectivity index (χ1) is 14.8. The Labute approximate surface area is 187 Å². The minimum absolute atomic E-state index is 0.00858. The van der Waals surface area contributed by atoms with Gasteiger partial charge in [-0.1, -0.05) is 11.6 Å². The topological polar surface area (TPSA) is 76.1 Å². The normalized spacial score (nSPS) is 16.8. The first-order valence-electron chi connectivity index (χ1n) is 10.2. The van der Waals surface area contributed by atoms with Crippen molar-refractivity contribution in [2.75, 3.05) is 33.9 Å². The Morgan fingerprint density at radius 3 is 2.26 bits per heavy atom. The number of rotatable bonds is 5. The third-order valence-electron chi connectivity index (χ3n) is 5.87. The lowest BCUT2D eigenvalue weighted by Crippen LogP contribution is -2.36. The van der Waals surface area contributed by atoms with Crippen LogP contribution in [0.25, 0.3) is 0 Å². The molecule has 2 heterocycles. The molecular weight excluding hydrogens is 440 g/mol. The Bertz CT molecular complexity index is 1110. The molecule has 0 aromatic heterocycles. The molecule has 0 radical (unpaired) electrons. The summed E-state index contributed by atoms with van der Waals surface area (Å²) in [5.41, 5.74) is 2.40. The highest BCUT2D eigenvalue weighted by Gasteiger charge is 2.31. The molecule has 0 spiro atoms. The summed E-state index contributed by atoms with van der Waals surface area (Å²) >= 11 is 6.22. The fraction of sp³-hybridized carbons (Fsp3) is 0.409. The smallest absolute Gasteiger partial charge is 0.254 e. The lowest BCUT2D eigenvalue weighted by atomic mass is 9.98. The van der Waals surface area contributed by atoms with E-state index in [4.69, 9.17) is 21.1 Å². The maximum atomic E-state index is 13.2. The number of amides is 1. The van der Waals surface area contributed by atoms with Crippen LogP contribution < -0.4 is 9.47 Å². The second-order valence-electron chi connectivity index (χ2n) is 7.71. The van der Waals surface area contributed by atoms with Crippen LogP contribution in [0.15, 0.2) is 35.2 Å². The molecule has 1 amide bonds. The molecule has 166 valence electrons. The van der Waals surface area contributed by atoms with Gasteiger partial charge in [0.05, 0.1) is 19.2 Å². The number of halogens is 1. The zero-order valence-corrected chi connectivity index (χ0v) is 19.1. The average Bonchev–Trinajstić information content (AvgIpc) is 3.33. The number of hydrogen-bond donors (Lipinski definition) is 0. The lowest BCUT2D eigenvalue weighted by Gasteiger charge is -2.30. The van der Waals surface area contributed by atoms with E-state index in [1.807, 2.05) is 12.1 Å². The number of hydrogen-bond acceptors (Lipinski definition) is 5. The number of carbonyl (C=O) groups excluding carboxylic acids is 1. The molecule has 9 heteroatoms. The molecule has 0 saturated carbocycles. The van der Waals surface area contributed by atoms with E-state index in [1.54, 1.807) is 25.2 Å². The van der Waals surface area contributed by atoms with Gasteiger partial charge in [0, 0.05) is 31.7 Å². The Morgan fingerprint density at radius 2 is 1.61 bits per heavy atom. The standard InChI is InChI=1S/C22H25ClN2O5S/c1-29-19-11-15-7-10-24(14-17(15)12-20(19)30-2)22(26)16-5-6-18(23)21(13-16)31(27,28)25-8-3-4-9-25/h5-6,11-13H,3-4,7-10,14H2,1-2H3. The second kappa shape index (κ2) is 8.68. The van der Waals surface area contributed by atoms with Crippen molar-refractivity contribution in [3.05, 3.63) is 52.0 Å². The molecule has 0 bridgehead atoms. The summed E-state index contributed by atoms with van der Waals surface area (Å²) < 4.78 is 38.2. The average molecular weight is 465 g/mol. The van der Waals surface area contributed by atoms with Crippen LogP contribution in [0.1, 0.15) is 34.3 Å². The van der Waals surface area contributed by atoms with Crippen LogP contribution in [0.3, 0.4) is 0 Å². The van der Waals surface area contributed by atoms with Gasteiger partial charge < -0.3 is 14.4 Å². The van der Waals surface area contributed by atoms with E-state index < -0.39 is 10.0 Å². The summed E-state index contributed by atoms with van der Waals surface area (Å²) in [6.07, 6.45) is 2.34. The number of benzene rings is 2. The van der Waals surface area contributed by atoms with E-state index in [0.29, 0.717) is 49.7 Å². The number of methoxy groups -OCH3 is 2. The minimum atomic E-state index is -3.72. The fourth-order valence-corrected chi connectivity index (χ4v) is 6.16. The third-order valence-corrected chi connectivity index (χ3v) is 8.25. The molecule has 1 fully saturated rings. The Hall–Kier alpha value is -2.29. The number of ether oxygens (including phenoxy) is 2. The Balaban J connectivity index is 1.61. The molecule has 2 aromatic carbocycles. The molecule has 2 aliphatic rings. The van der Waals surface area contributed by atoms with Crippen LogP contribution in [0.5, 0.6) is 11.5 Å². The number of fused-ring (bicyclic) bond motifs is 1. The van der Waals surface area contributed by atoms with E-state index in [-0.39, 0.29) is 15.8 Å². The quantitative estimate of drug-likeness (QED) is 0.678. The summed E-state index contributed by atoms with van der Waals surface area (Å²) in [4.78, 5) is 14.9. The summed E-state index contributed by atoms with van der Waals surface area (Å²) in [5, 5.41) is 0.129. The molecule has 7 nitrogen and oxygen atoms in total. The number of nitrogens with zero attached hydrogens (tertiary/aromatic N) is 2. The van der Waals surface area contributed by atoms with Crippen molar-refractivity contribution in [1.82, 2.24) is 9.21 Å². The van der Waals surface area contributed by atoms with E-state index in [0.717, 1.165) is 24.0 Å². The van der Waals surface area contributed by atoms with Crippen LogP contribution >= 0.6 is 11.6 Å². The zero-order chi connectivity index (χ0) is 22.2. The van der Waals surface area contributed by atoms with Gasteiger partial charge in [-0.15, -0.1) is 0 Å². The van der Waals surface area contributed by atoms with Gasteiger partial charge in [0.2, 0.25) is 10.0 Å². The molecular formula is C22H25ClN2O5S. The van der Waals surface area contributed by atoms with Crippen molar-refractivity contribution in [3.63, 3.8) is 0 Å². The van der Waals surface area contributed by atoms with Gasteiger partial charge in [0.1, 0.15) is 4.90 Å². The summed E-state index contributed by atoms with van der Waals surface area (Å²) in [6, 6.07) is 8.31. The van der Waals surface area contributed by atoms with Crippen molar-refractivity contribution in [1.29, 1.82) is 0 Å². The highest BCUT2D eigenvalue weighted by Crippen LogP contribution is 2.34. The van der Waals surface area contributed by atoms with Gasteiger partial charge in [-0.05, 0) is 60.7 Å². The van der Waals surface area contributed by atoms with Crippen molar-refractivity contribution in [3.8, 4) is 11.5 Å². The van der Waals surface area contributed by atoms with Crippen molar-refractivity contribution < 1.29 is 22.7 Å². The van der Waals surface area contributed by atoms with Gasteiger partial charge >= 0.3 is 0 Å². The Kier molecular flexibility index (Phi) is 6.14. The van der Waals surface area contributed by atoms with Crippen molar-refractivity contribution in [2.45, 2.75) is 30.7 Å². The van der Waals surface area contributed by atoms with Crippen LogP contribution in [-0.4, -0.2) is 57.4 Å². The van der Waals surface area contributed by atoms with E-state index >= 15 is 0 Å². The molecule has 0 unspecified atom stereocenters. The van der Waals surface area contributed by atoms with Crippen LogP contribution in [-0.2, 0) is 23.0 Å².